The molecule has 2 aromatic rings. The van der Waals surface area contributed by atoms with Crippen molar-refractivity contribution in [3.63, 3.8) is 0 Å². The average Bonchev–Trinajstić information content (AvgIpc) is 3.17. The highest BCUT2D eigenvalue weighted by Crippen LogP contribution is 2.32. The van der Waals surface area contributed by atoms with Crippen LogP contribution in [0.4, 0.5) is 0 Å². The van der Waals surface area contributed by atoms with Crippen LogP contribution in [0.1, 0.15) is 54.4 Å². The van der Waals surface area contributed by atoms with Crippen LogP contribution in [-0.4, -0.2) is 36.0 Å². The molecule has 0 N–H and O–H groups in total. The maximum atomic E-state index is 9.80. The maximum Gasteiger partial charge on any atom is 0.133 e. The number of nitrogens with zero attached hydrogens (tertiary/aromatic N) is 4. The van der Waals surface area contributed by atoms with Gasteiger partial charge in [0.25, 0.3) is 0 Å². The summed E-state index contributed by atoms with van der Waals surface area (Å²) in [6, 6.07) is 21.7. The first-order valence-corrected chi connectivity index (χ1v) is 14.2. The van der Waals surface area contributed by atoms with Gasteiger partial charge in [0.15, 0.2) is 0 Å². The van der Waals surface area contributed by atoms with Crippen LogP contribution in [0.25, 0.3) is 5.57 Å². The van der Waals surface area contributed by atoms with Crippen LogP contribution in [-0.2, 0) is 19.5 Å². The number of likely N-dealkylation sites (tertiary alicyclic amines) is 1. The Bertz CT molecular complexity index is 1260. The van der Waals surface area contributed by atoms with Gasteiger partial charge in [0.2, 0.25) is 0 Å². The summed E-state index contributed by atoms with van der Waals surface area (Å²) in [5.74, 6) is 0.604. The zero-order chi connectivity index (χ0) is 27.5. The Kier molecular flexibility index (Phi) is 10.5. The number of hydrogen-bond donors (Lipinski definition) is 0. The Hall–Kier alpha value is -3.70. The van der Waals surface area contributed by atoms with Crippen LogP contribution in [0, 0.1) is 28.6 Å². The molecule has 0 spiro atoms. The summed E-state index contributed by atoms with van der Waals surface area (Å²) in [6.45, 7) is 13.7. The largest absolute Gasteiger partial charge is 0.299 e. The summed E-state index contributed by atoms with van der Waals surface area (Å²) in [6.07, 6.45) is 12.0. The van der Waals surface area contributed by atoms with E-state index in [4.69, 9.17) is 0 Å². The monoisotopic (exact) mass is 516 g/mol. The Labute approximate surface area is 234 Å². The molecule has 2 aliphatic heterocycles. The Balaban J connectivity index is 1.44. The highest BCUT2D eigenvalue weighted by molar-refractivity contribution is 5.75. The maximum absolute atomic E-state index is 9.80. The molecule has 2 aliphatic rings. The van der Waals surface area contributed by atoms with E-state index in [-0.39, 0.29) is 5.57 Å². The van der Waals surface area contributed by atoms with Crippen molar-refractivity contribution in [2.75, 3.05) is 26.2 Å². The fourth-order valence-electron chi connectivity index (χ4n) is 5.94. The minimum atomic E-state index is 0.257. The summed E-state index contributed by atoms with van der Waals surface area (Å²) < 4.78 is 0. The van der Waals surface area contributed by atoms with Crippen LogP contribution >= 0.6 is 0 Å². The third-order valence-corrected chi connectivity index (χ3v) is 8.15. The van der Waals surface area contributed by atoms with Gasteiger partial charge in [-0.15, -0.1) is 0 Å². The standard InChI is InChI=1S/C35H40N4/c1-3-9-28(4-2)25-38-20-17-29(18-21-38)13-16-35(34(23-36)24-37)32-15-14-31-12-8-19-39(27-33(31)22-32)26-30-10-6-5-7-11-30/h3-7,9-11,14-15,22,29H,1-2,8,12-13,16-21,25-27H2/b28-9+. The Morgan fingerprint density at radius 2 is 1.72 bits per heavy atom. The zero-order valence-corrected chi connectivity index (χ0v) is 23.1. The van der Waals surface area contributed by atoms with Gasteiger partial charge in [-0.1, -0.05) is 73.9 Å². The van der Waals surface area contributed by atoms with Crippen molar-refractivity contribution in [2.45, 2.75) is 51.6 Å². The predicted molar refractivity (Wildman–Crippen MR) is 160 cm³/mol. The first-order valence-electron chi connectivity index (χ1n) is 14.2. The van der Waals surface area contributed by atoms with Crippen molar-refractivity contribution < 1.29 is 0 Å². The zero-order valence-electron chi connectivity index (χ0n) is 23.1. The minimum absolute atomic E-state index is 0.257. The van der Waals surface area contributed by atoms with Crippen molar-refractivity contribution in [1.82, 2.24) is 9.80 Å². The molecule has 0 atom stereocenters. The van der Waals surface area contributed by atoms with Crippen molar-refractivity contribution >= 4 is 5.57 Å². The molecule has 0 radical (unpaired) electrons. The number of fused-ring (bicyclic) bond motifs is 1. The van der Waals surface area contributed by atoms with Crippen LogP contribution < -0.4 is 0 Å². The van der Waals surface area contributed by atoms with Gasteiger partial charge in [-0.05, 0) is 104 Å². The summed E-state index contributed by atoms with van der Waals surface area (Å²) in [5.41, 5.74) is 7.45. The van der Waals surface area contributed by atoms with Gasteiger partial charge in [-0.3, -0.25) is 9.80 Å². The molecule has 200 valence electrons. The molecule has 0 amide bonds. The number of hydrogen-bond acceptors (Lipinski definition) is 4. The van der Waals surface area contributed by atoms with E-state index in [2.05, 4.69) is 83.6 Å². The second kappa shape index (κ2) is 14.5. The first-order chi connectivity index (χ1) is 19.1. The van der Waals surface area contributed by atoms with E-state index in [1.807, 2.05) is 18.2 Å². The summed E-state index contributed by atoms with van der Waals surface area (Å²) in [4.78, 5) is 4.99. The van der Waals surface area contributed by atoms with E-state index in [0.717, 1.165) is 88.9 Å². The van der Waals surface area contributed by atoms with E-state index >= 15 is 0 Å². The highest BCUT2D eigenvalue weighted by atomic mass is 15.1. The lowest BCUT2D eigenvalue weighted by Crippen LogP contribution is -2.34. The number of piperidine rings is 1. The molecule has 0 saturated carbocycles. The molecule has 1 saturated heterocycles. The predicted octanol–water partition coefficient (Wildman–Crippen LogP) is 7.23. The third kappa shape index (κ3) is 7.90. The van der Waals surface area contributed by atoms with Crippen molar-refractivity contribution in [2.24, 2.45) is 5.92 Å². The van der Waals surface area contributed by atoms with Crippen molar-refractivity contribution in [3.05, 3.63) is 113 Å². The van der Waals surface area contributed by atoms with Gasteiger partial charge in [-0.2, -0.15) is 10.5 Å². The van der Waals surface area contributed by atoms with Crippen molar-refractivity contribution in [1.29, 1.82) is 10.5 Å². The number of nitriles is 2. The molecule has 0 bridgehead atoms. The fourth-order valence-corrected chi connectivity index (χ4v) is 5.94. The van der Waals surface area contributed by atoms with Crippen LogP contribution in [0.3, 0.4) is 0 Å². The molecule has 0 aliphatic carbocycles. The molecule has 1 fully saturated rings. The lowest BCUT2D eigenvalue weighted by molar-refractivity contribution is 0.193. The highest BCUT2D eigenvalue weighted by Gasteiger charge is 2.22. The summed E-state index contributed by atoms with van der Waals surface area (Å²) in [5, 5.41) is 19.6. The van der Waals surface area contributed by atoms with Gasteiger partial charge in [0, 0.05) is 19.6 Å². The molecule has 4 rings (SSSR count). The van der Waals surface area contributed by atoms with Crippen LogP contribution in [0.2, 0.25) is 0 Å². The number of rotatable bonds is 10. The van der Waals surface area contributed by atoms with E-state index in [0.29, 0.717) is 5.92 Å². The van der Waals surface area contributed by atoms with Gasteiger partial charge < -0.3 is 0 Å². The lowest BCUT2D eigenvalue weighted by Gasteiger charge is -2.32. The molecule has 0 unspecified atom stereocenters. The molecular weight excluding hydrogens is 476 g/mol. The van der Waals surface area contributed by atoms with Gasteiger partial charge in [0.05, 0.1) is 0 Å². The van der Waals surface area contributed by atoms with E-state index in [1.165, 1.54) is 22.3 Å². The summed E-state index contributed by atoms with van der Waals surface area (Å²) in [7, 11) is 0. The second-order valence-electron chi connectivity index (χ2n) is 10.8. The summed E-state index contributed by atoms with van der Waals surface area (Å²) >= 11 is 0. The van der Waals surface area contributed by atoms with E-state index < -0.39 is 0 Å². The topological polar surface area (TPSA) is 54.1 Å². The number of aryl methyl sites for hydroxylation is 1. The first kappa shape index (κ1) is 28.3. The fraction of sp³-hybridized carbons (Fsp3) is 0.371. The van der Waals surface area contributed by atoms with Gasteiger partial charge >= 0.3 is 0 Å². The Morgan fingerprint density at radius 1 is 0.949 bits per heavy atom. The molecular formula is C35H40N4. The van der Waals surface area contributed by atoms with E-state index in [1.54, 1.807) is 0 Å². The van der Waals surface area contributed by atoms with Crippen molar-refractivity contribution in [3.8, 4) is 12.1 Å². The molecule has 39 heavy (non-hydrogen) atoms. The molecule has 4 nitrogen and oxygen atoms in total. The van der Waals surface area contributed by atoms with Crippen LogP contribution in [0.5, 0.6) is 0 Å². The normalized spacial score (nSPS) is 16.8. The molecule has 0 aromatic heterocycles. The third-order valence-electron chi connectivity index (χ3n) is 8.15. The molecule has 4 heteroatoms. The quantitative estimate of drug-likeness (QED) is 0.247. The second-order valence-corrected chi connectivity index (χ2v) is 10.8. The van der Waals surface area contributed by atoms with E-state index in [9.17, 15) is 10.5 Å². The molecule has 2 heterocycles. The van der Waals surface area contributed by atoms with Gasteiger partial charge in [0.1, 0.15) is 17.7 Å². The smallest absolute Gasteiger partial charge is 0.133 e. The Morgan fingerprint density at radius 3 is 2.41 bits per heavy atom. The molecule has 2 aromatic carbocycles. The van der Waals surface area contributed by atoms with Crippen LogP contribution in [0.15, 0.2) is 91.1 Å². The lowest BCUT2D eigenvalue weighted by atomic mass is 9.86. The SMILES string of the molecule is C=C/C=C(\C=C)CN1CCC(CCC(=C(C#N)C#N)c2ccc3c(c2)CN(Cc2ccccc2)CCC3)CC1. The number of benzene rings is 2. The minimum Gasteiger partial charge on any atom is -0.299 e. The number of allylic oxidation sites excluding steroid dienone is 4. The van der Waals surface area contributed by atoms with Gasteiger partial charge in [-0.25, -0.2) is 0 Å². The average molecular weight is 517 g/mol.